The van der Waals surface area contributed by atoms with Crippen LogP contribution in [-0.2, 0) is 47.9 Å². The molecule has 0 bridgehead atoms. The van der Waals surface area contributed by atoms with Crippen LogP contribution in [0.15, 0.2) is 0 Å². The molecule has 302 valence electrons. The van der Waals surface area contributed by atoms with Crippen molar-refractivity contribution in [2.24, 2.45) is 11.5 Å². The molecule has 2 aliphatic rings. The maximum atomic E-state index is 13.8. The lowest BCUT2D eigenvalue weighted by atomic mass is 10.1. The number of unbranched alkanes of at least 4 members (excludes halogenated alkanes) is 2. The highest BCUT2D eigenvalue weighted by atomic mass is 32.1. The largest absolute Gasteiger partial charge is 0.391 e. The quantitative estimate of drug-likeness (QED) is 0.0734. The van der Waals surface area contributed by atoms with Crippen LogP contribution in [0.25, 0.3) is 0 Å². The summed E-state index contributed by atoms with van der Waals surface area (Å²) in [6, 6.07) is -9.50. The Morgan fingerprint density at radius 1 is 0.685 bits per heavy atom. The van der Waals surface area contributed by atoms with Gasteiger partial charge in [-0.05, 0) is 45.8 Å². The third kappa shape index (κ3) is 14.4. The van der Waals surface area contributed by atoms with Crippen molar-refractivity contribution >= 4 is 71.7 Å². The molecule has 2 saturated heterocycles. The van der Waals surface area contributed by atoms with Gasteiger partial charge in [0.15, 0.2) is 0 Å². The van der Waals surface area contributed by atoms with Crippen molar-refractivity contribution in [3.8, 4) is 0 Å². The first kappa shape index (κ1) is 45.2. The van der Waals surface area contributed by atoms with E-state index >= 15 is 0 Å². The van der Waals surface area contributed by atoms with Gasteiger partial charge in [0.2, 0.25) is 59.1 Å². The molecule has 8 atom stereocenters. The second kappa shape index (κ2) is 21.6. The molecule has 0 aromatic rings. The normalized spacial score (nSPS) is 28.6. The van der Waals surface area contributed by atoms with E-state index in [2.05, 4.69) is 49.8 Å². The summed E-state index contributed by atoms with van der Waals surface area (Å²) in [4.78, 5) is 130. The van der Waals surface area contributed by atoms with Gasteiger partial charge in [-0.1, -0.05) is 12.8 Å². The Morgan fingerprint density at radius 2 is 1.22 bits per heavy atom. The van der Waals surface area contributed by atoms with Gasteiger partial charge in [-0.15, -0.1) is 0 Å². The number of nitrogens with one attached hydrogen (secondary N) is 7. The van der Waals surface area contributed by atoms with Crippen LogP contribution in [0.4, 0.5) is 0 Å². The van der Waals surface area contributed by atoms with E-state index in [1.54, 1.807) is 0 Å². The van der Waals surface area contributed by atoms with Gasteiger partial charge in [-0.2, -0.15) is 12.6 Å². The van der Waals surface area contributed by atoms with Gasteiger partial charge in [-0.3, -0.25) is 47.9 Å². The molecule has 12 N–H and O–H groups in total. The van der Waals surface area contributed by atoms with Crippen LogP contribution < -0.4 is 48.7 Å². The smallest absolute Gasteiger partial charge is 0.246 e. The molecule has 54 heavy (non-hydrogen) atoms. The van der Waals surface area contributed by atoms with Crippen molar-refractivity contribution in [1.82, 2.24) is 42.1 Å². The molecule has 0 aromatic carbocycles. The van der Waals surface area contributed by atoms with Crippen LogP contribution in [0, 0.1) is 0 Å². The number of aliphatic hydroxyl groups excluding tert-OH is 1. The summed E-state index contributed by atoms with van der Waals surface area (Å²) >= 11 is 4.17. The number of carbonyl (C=O) groups is 10. The number of thiol groups is 1. The lowest BCUT2D eigenvalue weighted by Crippen LogP contribution is -2.60. The number of fused-ring (bicyclic) bond motifs is 1. The molecular weight excluding hydrogens is 732 g/mol. The van der Waals surface area contributed by atoms with Crippen molar-refractivity contribution in [3.05, 3.63) is 0 Å². The molecule has 0 spiro atoms. The third-order valence-electron chi connectivity index (χ3n) is 8.68. The van der Waals surface area contributed by atoms with E-state index in [1.807, 2.05) is 0 Å². The summed E-state index contributed by atoms with van der Waals surface area (Å²) in [5.74, 6) is -8.14. The predicted octanol–water partition coefficient (Wildman–Crippen LogP) is -5.32. The molecule has 0 aliphatic carbocycles. The van der Waals surface area contributed by atoms with Crippen molar-refractivity contribution < 1.29 is 53.1 Å². The van der Waals surface area contributed by atoms with E-state index in [1.165, 1.54) is 20.8 Å². The standard InChI is InChI=1S/C32H52N10O11S/c1-15-26(47)35-13-25(46)39-19(7-5-4-6-10-54)30(51)41-21(12-24(34)45)32(53)42-14-18(43)11-22(42)31(52)38-17(3)28(49)40-20(8-9-23(33)44)29(50)37-16(2)27(48)36-15/h15-22,43,54H,4-14H2,1-3H3,(H2,33,44)(H2,34,45)(H,35,47)(H,36,48)(H,37,50)(H,38,52)(H,39,46)(H,40,49)(H,41,51)/t15-,16+,17-,18+,19-,20-,21-,22-/m0/s1. The maximum absolute atomic E-state index is 13.8. The number of aliphatic hydroxyl groups is 1. The number of nitrogens with two attached hydrogens (primary N) is 2. The van der Waals surface area contributed by atoms with Crippen LogP contribution in [0.5, 0.6) is 0 Å². The average molecular weight is 785 g/mol. The second-order valence-electron chi connectivity index (χ2n) is 13.3. The molecule has 2 rings (SSSR count). The molecule has 0 saturated carbocycles. The van der Waals surface area contributed by atoms with Crippen molar-refractivity contribution in [2.75, 3.05) is 18.8 Å². The number of amides is 10. The molecule has 0 unspecified atom stereocenters. The zero-order chi connectivity index (χ0) is 40.7. The fraction of sp³-hybridized carbons (Fsp3) is 0.688. The lowest BCUT2D eigenvalue weighted by Gasteiger charge is -2.30. The monoisotopic (exact) mass is 784 g/mol. The number of hydrogen-bond acceptors (Lipinski definition) is 12. The highest BCUT2D eigenvalue weighted by Crippen LogP contribution is 2.21. The number of primary amides is 2. The summed E-state index contributed by atoms with van der Waals surface area (Å²) in [7, 11) is 0. The summed E-state index contributed by atoms with van der Waals surface area (Å²) < 4.78 is 0. The minimum absolute atomic E-state index is 0.0870. The van der Waals surface area contributed by atoms with Gasteiger partial charge in [0.25, 0.3) is 0 Å². The van der Waals surface area contributed by atoms with Crippen LogP contribution in [0.2, 0.25) is 0 Å². The van der Waals surface area contributed by atoms with E-state index in [-0.39, 0.29) is 32.2 Å². The topological polar surface area (TPSA) is 330 Å². The molecule has 0 aromatic heterocycles. The molecule has 10 amide bonds. The third-order valence-corrected chi connectivity index (χ3v) is 9.00. The van der Waals surface area contributed by atoms with Crippen LogP contribution >= 0.6 is 12.6 Å². The zero-order valence-corrected chi connectivity index (χ0v) is 31.4. The number of nitrogens with zero attached hydrogens (tertiary/aromatic N) is 1. The lowest BCUT2D eigenvalue weighted by molar-refractivity contribution is -0.143. The Labute approximate surface area is 317 Å². The van der Waals surface area contributed by atoms with E-state index in [0.29, 0.717) is 25.0 Å². The Bertz CT molecular complexity index is 1450. The van der Waals surface area contributed by atoms with Gasteiger partial charge >= 0.3 is 0 Å². The first-order chi connectivity index (χ1) is 25.3. The molecular formula is C32H52N10O11S. The van der Waals surface area contributed by atoms with Gasteiger partial charge in [0.05, 0.1) is 19.1 Å². The van der Waals surface area contributed by atoms with Gasteiger partial charge < -0.3 is 58.7 Å². The fourth-order valence-corrected chi connectivity index (χ4v) is 5.89. The fourth-order valence-electron chi connectivity index (χ4n) is 5.66. The molecule has 21 nitrogen and oxygen atoms in total. The minimum Gasteiger partial charge on any atom is -0.391 e. The van der Waals surface area contributed by atoms with E-state index in [9.17, 15) is 53.1 Å². The molecule has 2 fully saturated rings. The van der Waals surface area contributed by atoms with Crippen molar-refractivity contribution in [1.29, 1.82) is 0 Å². The maximum Gasteiger partial charge on any atom is 0.246 e. The van der Waals surface area contributed by atoms with E-state index in [0.717, 1.165) is 4.90 Å². The predicted molar refractivity (Wildman–Crippen MR) is 192 cm³/mol. The number of hydrogen-bond donors (Lipinski definition) is 11. The first-order valence-corrected chi connectivity index (χ1v) is 18.2. The Kier molecular flexibility index (Phi) is 18.1. The summed E-state index contributed by atoms with van der Waals surface area (Å²) in [5.41, 5.74) is 10.6. The number of carbonyl (C=O) groups excluding carboxylic acids is 10. The van der Waals surface area contributed by atoms with Gasteiger partial charge in [0.1, 0.15) is 42.3 Å². The van der Waals surface area contributed by atoms with E-state index < -0.39 is 120 Å². The molecule has 0 radical (unpaired) electrons. The minimum atomic E-state index is -1.63. The highest BCUT2D eigenvalue weighted by Gasteiger charge is 2.43. The van der Waals surface area contributed by atoms with Gasteiger partial charge in [0, 0.05) is 19.4 Å². The highest BCUT2D eigenvalue weighted by molar-refractivity contribution is 7.80. The molecule has 22 heteroatoms. The summed E-state index contributed by atoms with van der Waals surface area (Å²) in [6.45, 7) is 2.86. The Hall–Kier alpha value is -4.99. The molecule has 2 heterocycles. The second-order valence-corrected chi connectivity index (χ2v) is 13.7. The summed E-state index contributed by atoms with van der Waals surface area (Å²) in [6.07, 6.45) is -0.971. The van der Waals surface area contributed by atoms with Crippen LogP contribution in [-0.4, -0.2) is 136 Å². The van der Waals surface area contributed by atoms with Gasteiger partial charge in [-0.25, -0.2) is 0 Å². The van der Waals surface area contributed by atoms with E-state index in [4.69, 9.17) is 11.5 Å². The molecule has 2 aliphatic heterocycles. The Balaban J connectivity index is 2.48. The Morgan fingerprint density at radius 3 is 1.83 bits per heavy atom. The SMILES string of the molecule is C[C@@H]1NC(=O)[C@@H](C)NC(=O)[C@H](CCC(N)=O)NC(=O)[C@H](C)NC(=O)[C@@H]2C[C@@H](O)CN2C(=O)[C@H](CC(N)=O)NC(=O)[C@H](CCCCCS)NC(=O)CNC1=O. The van der Waals surface area contributed by atoms with Crippen molar-refractivity contribution in [2.45, 2.75) is 121 Å². The summed E-state index contributed by atoms with van der Waals surface area (Å²) in [5, 5.41) is 27.3. The van der Waals surface area contributed by atoms with Crippen LogP contribution in [0.1, 0.15) is 72.1 Å². The number of rotatable bonds is 10. The average Bonchev–Trinajstić information content (AvgIpc) is 3.50. The zero-order valence-electron chi connectivity index (χ0n) is 30.5. The van der Waals surface area contributed by atoms with Crippen molar-refractivity contribution in [3.63, 3.8) is 0 Å². The van der Waals surface area contributed by atoms with Crippen LogP contribution in [0.3, 0.4) is 0 Å². The first-order valence-electron chi connectivity index (χ1n) is 17.6.